The number of benzene rings is 1. The molecule has 2 aromatic rings. The number of ether oxygens (including phenoxy) is 1. The van der Waals surface area contributed by atoms with Gasteiger partial charge >= 0.3 is 0 Å². The van der Waals surface area contributed by atoms with Crippen molar-refractivity contribution in [1.82, 2.24) is 0 Å². The highest BCUT2D eigenvalue weighted by atomic mass is 79.9. The molecule has 0 aliphatic carbocycles. The van der Waals surface area contributed by atoms with Gasteiger partial charge in [0.15, 0.2) is 0 Å². The lowest BCUT2D eigenvalue weighted by atomic mass is 10.0. The second-order valence-electron chi connectivity index (χ2n) is 3.94. The lowest BCUT2D eigenvalue weighted by Gasteiger charge is -2.15. The maximum Gasteiger partial charge on any atom is 0.132 e. The highest BCUT2D eigenvalue weighted by Crippen LogP contribution is 2.37. The van der Waals surface area contributed by atoms with Gasteiger partial charge in [-0.2, -0.15) is 0 Å². The van der Waals surface area contributed by atoms with E-state index < -0.39 is 6.04 Å². The smallest absolute Gasteiger partial charge is 0.132 e. The van der Waals surface area contributed by atoms with Crippen molar-refractivity contribution < 1.29 is 9.13 Å². The van der Waals surface area contributed by atoms with Gasteiger partial charge in [0.25, 0.3) is 0 Å². The van der Waals surface area contributed by atoms with Crippen LogP contribution in [0.25, 0.3) is 0 Å². The highest BCUT2D eigenvalue weighted by molar-refractivity contribution is 9.11. The Labute approximate surface area is 118 Å². The third-order valence-corrected chi connectivity index (χ3v) is 4.95. The predicted octanol–water partition coefficient (Wildman–Crippen LogP) is 4.01. The van der Waals surface area contributed by atoms with E-state index in [9.17, 15) is 4.39 Å². The number of hydrogen-bond donors (Lipinski definition) is 1. The molecular weight excluding hydrogens is 317 g/mol. The first-order valence-electron chi connectivity index (χ1n) is 5.38. The zero-order chi connectivity index (χ0) is 13.3. The van der Waals surface area contributed by atoms with E-state index in [0.717, 1.165) is 14.2 Å². The van der Waals surface area contributed by atoms with Crippen LogP contribution in [0.15, 0.2) is 28.1 Å². The summed E-state index contributed by atoms with van der Waals surface area (Å²) in [5, 5.41) is 0. The van der Waals surface area contributed by atoms with Crippen LogP contribution in [0.1, 0.15) is 22.0 Å². The Morgan fingerprint density at radius 2 is 2.17 bits per heavy atom. The fourth-order valence-electron chi connectivity index (χ4n) is 1.78. The molecule has 0 aliphatic heterocycles. The van der Waals surface area contributed by atoms with Crippen LogP contribution in [0.4, 0.5) is 4.39 Å². The van der Waals surface area contributed by atoms with Crippen molar-refractivity contribution in [3.8, 4) is 5.75 Å². The first-order chi connectivity index (χ1) is 8.54. The number of hydrogen-bond acceptors (Lipinski definition) is 3. The standard InChI is InChI=1S/C13H13BrFNOS/c1-7-6-10(18-13(7)14)12(16)11-8(15)4-3-5-9(11)17-2/h3-6,12H,16H2,1-2H3. The molecule has 0 saturated heterocycles. The Bertz CT molecular complexity index is 551. The fraction of sp³-hybridized carbons (Fsp3) is 0.231. The monoisotopic (exact) mass is 329 g/mol. The van der Waals surface area contributed by atoms with Crippen molar-refractivity contribution in [2.24, 2.45) is 5.73 Å². The average Bonchev–Trinajstić information content (AvgIpc) is 2.68. The molecule has 1 heterocycles. The van der Waals surface area contributed by atoms with Crippen LogP contribution in [0.2, 0.25) is 0 Å². The molecule has 2 nitrogen and oxygen atoms in total. The summed E-state index contributed by atoms with van der Waals surface area (Å²) in [6, 6.07) is 6.17. The predicted molar refractivity (Wildman–Crippen MR) is 75.7 cm³/mol. The molecule has 1 aromatic carbocycles. The number of halogens is 2. The maximum atomic E-state index is 13.9. The Hall–Kier alpha value is -0.910. The molecule has 5 heteroatoms. The van der Waals surface area contributed by atoms with E-state index in [-0.39, 0.29) is 5.82 Å². The molecule has 1 aromatic heterocycles. The van der Waals surface area contributed by atoms with Gasteiger partial charge in [0.2, 0.25) is 0 Å². The maximum absolute atomic E-state index is 13.9. The van der Waals surface area contributed by atoms with Crippen molar-refractivity contribution in [1.29, 1.82) is 0 Å². The summed E-state index contributed by atoms with van der Waals surface area (Å²) >= 11 is 4.96. The quantitative estimate of drug-likeness (QED) is 0.923. The van der Waals surface area contributed by atoms with Gasteiger partial charge in [-0.15, -0.1) is 11.3 Å². The molecule has 96 valence electrons. The van der Waals surface area contributed by atoms with Gasteiger partial charge in [0, 0.05) is 4.88 Å². The molecule has 18 heavy (non-hydrogen) atoms. The van der Waals surface area contributed by atoms with Gasteiger partial charge in [-0.25, -0.2) is 4.39 Å². The van der Waals surface area contributed by atoms with Gasteiger partial charge in [0.05, 0.1) is 22.5 Å². The summed E-state index contributed by atoms with van der Waals surface area (Å²) in [7, 11) is 1.51. The molecule has 0 aliphatic rings. The molecule has 0 saturated carbocycles. The van der Waals surface area contributed by atoms with Crippen LogP contribution >= 0.6 is 27.3 Å². The van der Waals surface area contributed by atoms with E-state index in [1.165, 1.54) is 24.5 Å². The topological polar surface area (TPSA) is 35.2 Å². The minimum absolute atomic E-state index is 0.343. The molecular formula is C13H13BrFNOS. The number of nitrogens with two attached hydrogens (primary N) is 1. The Morgan fingerprint density at radius 1 is 1.44 bits per heavy atom. The van der Waals surface area contributed by atoms with E-state index in [1.807, 2.05) is 13.0 Å². The largest absolute Gasteiger partial charge is 0.496 e. The molecule has 0 spiro atoms. The van der Waals surface area contributed by atoms with Crippen LogP contribution in [0, 0.1) is 12.7 Å². The van der Waals surface area contributed by atoms with Gasteiger partial charge in [-0.1, -0.05) is 6.07 Å². The molecule has 1 unspecified atom stereocenters. The number of thiophene rings is 1. The number of rotatable bonds is 3. The third kappa shape index (κ3) is 2.43. The van der Waals surface area contributed by atoms with E-state index >= 15 is 0 Å². The van der Waals surface area contributed by atoms with Gasteiger partial charge in [0.1, 0.15) is 11.6 Å². The molecule has 0 bridgehead atoms. The highest BCUT2D eigenvalue weighted by Gasteiger charge is 2.20. The summed E-state index contributed by atoms with van der Waals surface area (Å²) in [6.07, 6.45) is 0. The zero-order valence-corrected chi connectivity index (χ0v) is 12.4. The van der Waals surface area contributed by atoms with Crippen molar-refractivity contribution in [3.05, 3.63) is 49.9 Å². The first-order valence-corrected chi connectivity index (χ1v) is 6.99. The Balaban J connectivity index is 2.48. The van der Waals surface area contributed by atoms with Crippen molar-refractivity contribution in [2.45, 2.75) is 13.0 Å². The number of aryl methyl sites for hydroxylation is 1. The SMILES string of the molecule is COc1cccc(F)c1C(N)c1cc(C)c(Br)s1. The van der Waals surface area contributed by atoms with Crippen LogP contribution in [-0.4, -0.2) is 7.11 Å². The van der Waals surface area contributed by atoms with Crippen LogP contribution in [-0.2, 0) is 0 Å². The lowest BCUT2D eigenvalue weighted by molar-refractivity contribution is 0.402. The fourth-order valence-corrected chi connectivity index (χ4v) is 3.36. The summed E-state index contributed by atoms with van der Waals surface area (Å²) in [5.74, 6) is 0.133. The minimum Gasteiger partial charge on any atom is -0.496 e. The molecule has 2 rings (SSSR count). The third-order valence-electron chi connectivity index (χ3n) is 2.73. The second-order valence-corrected chi connectivity index (χ2v) is 6.34. The van der Waals surface area contributed by atoms with E-state index in [0.29, 0.717) is 11.3 Å². The summed E-state index contributed by atoms with van der Waals surface area (Å²) in [4.78, 5) is 0.905. The van der Waals surface area contributed by atoms with Crippen molar-refractivity contribution >= 4 is 27.3 Å². The van der Waals surface area contributed by atoms with Gasteiger partial charge in [-0.05, 0) is 46.6 Å². The molecule has 0 fully saturated rings. The van der Waals surface area contributed by atoms with Crippen LogP contribution in [0.3, 0.4) is 0 Å². The van der Waals surface area contributed by atoms with Gasteiger partial charge < -0.3 is 10.5 Å². The second kappa shape index (κ2) is 5.38. The van der Waals surface area contributed by atoms with Gasteiger partial charge in [-0.3, -0.25) is 0 Å². The van der Waals surface area contributed by atoms with Crippen molar-refractivity contribution in [3.63, 3.8) is 0 Å². The summed E-state index contributed by atoms with van der Waals surface area (Å²) in [5.41, 5.74) is 7.64. The van der Waals surface area contributed by atoms with Crippen LogP contribution in [0.5, 0.6) is 5.75 Å². The Morgan fingerprint density at radius 3 is 2.72 bits per heavy atom. The lowest BCUT2D eigenvalue weighted by Crippen LogP contribution is -2.13. The van der Waals surface area contributed by atoms with E-state index in [4.69, 9.17) is 10.5 Å². The number of methoxy groups -OCH3 is 1. The normalized spacial score (nSPS) is 12.5. The first kappa shape index (κ1) is 13.5. The molecule has 0 amide bonds. The molecule has 1 atom stereocenters. The van der Waals surface area contributed by atoms with Crippen LogP contribution < -0.4 is 10.5 Å². The average molecular weight is 330 g/mol. The Kier molecular flexibility index (Phi) is 4.04. The molecule has 2 N–H and O–H groups in total. The van der Waals surface area contributed by atoms with E-state index in [2.05, 4.69) is 15.9 Å². The minimum atomic E-state index is -0.517. The molecule has 0 radical (unpaired) electrons. The zero-order valence-electron chi connectivity index (χ0n) is 10.0. The van der Waals surface area contributed by atoms with Crippen molar-refractivity contribution in [2.75, 3.05) is 7.11 Å². The summed E-state index contributed by atoms with van der Waals surface area (Å²) in [6.45, 7) is 1.98. The van der Waals surface area contributed by atoms with E-state index in [1.54, 1.807) is 12.1 Å². The summed E-state index contributed by atoms with van der Waals surface area (Å²) < 4.78 is 20.1.